The number of amides is 2. The minimum Gasteiger partial charge on any atom is -0.352 e. The van der Waals surface area contributed by atoms with Crippen LogP contribution in [0.5, 0.6) is 0 Å². The highest BCUT2D eigenvalue weighted by Crippen LogP contribution is 2.19. The third-order valence-electron chi connectivity index (χ3n) is 4.93. The van der Waals surface area contributed by atoms with E-state index in [0.29, 0.717) is 24.2 Å². The smallest absolute Gasteiger partial charge is 0.251 e. The van der Waals surface area contributed by atoms with E-state index >= 15 is 0 Å². The van der Waals surface area contributed by atoms with Gasteiger partial charge < -0.3 is 10.6 Å². The van der Waals surface area contributed by atoms with E-state index in [2.05, 4.69) is 28.2 Å². The lowest BCUT2D eigenvalue weighted by molar-refractivity contribution is -0.116. The molecule has 1 aromatic heterocycles. The Hall–Kier alpha value is -2.40. The number of carbonyl (C=O) groups is 2. The van der Waals surface area contributed by atoms with Gasteiger partial charge in [0.15, 0.2) is 0 Å². The third kappa shape index (κ3) is 6.64. The highest BCUT2D eigenvalue weighted by Gasteiger charge is 2.09. The van der Waals surface area contributed by atoms with Crippen LogP contribution in [0, 0.1) is 0 Å². The molecular weight excluding hydrogens is 368 g/mol. The Labute approximate surface area is 171 Å². The lowest BCUT2D eigenvalue weighted by atomic mass is 9.97. The standard InChI is InChI=1S/C23H28N2O2S/c26-22(13-5-11-21-12-6-16-28-21)25-20-10-4-9-19(17-20)23(27)24-15-14-18-7-2-1-3-8-18/h4,6-7,9-10,12,16-17H,1-3,5,8,11,13-15H2,(H,24,27)(H,25,26). The second kappa shape index (κ2) is 10.8. The van der Waals surface area contributed by atoms with Crippen LogP contribution in [0.15, 0.2) is 53.4 Å². The lowest BCUT2D eigenvalue weighted by Gasteiger charge is -2.13. The van der Waals surface area contributed by atoms with Gasteiger partial charge >= 0.3 is 0 Å². The fourth-order valence-electron chi connectivity index (χ4n) is 3.41. The lowest BCUT2D eigenvalue weighted by Crippen LogP contribution is -2.25. The summed E-state index contributed by atoms with van der Waals surface area (Å²) in [4.78, 5) is 25.8. The van der Waals surface area contributed by atoms with Crippen molar-refractivity contribution in [1.82, 2.24) is 5.32 Å². The fraction of sp³-hybridized carbons (Fsp3) is 0.391. The molecule has 0 fully saturated rings. The summed E-state index contributed by atoms with van der Waals surface area (Å²) in [5.41, 5.74) is 2.70. The van der Waals surface area contributed by atoms with E-state index < -0.39 is 0 Å². The van der Waals surface area contributed by atoms with Gasteiger partial charge in [0.2, 0.25) is 5.91 Å². The molecule has 1 aromatic carbocycles. The first-order chi connectivity index (χ1) is 13.7. The number of allylic oxidation sites excluding steroid dienone is 1. The minimum atomic E-state index is -0.0924. The maximum atomic E-state index is 12.4. The SMILES string of the molecule is O=C(CCCc1cccs1)Nc1cccc(C(=O)NCCC2=CCCCC2)c1. The van der Waals surface area contributed by atoms with E-state index in [9.17, 15) is 9.59 Å². The van der Waals surface area contributed by atoms with Crippen molar-refractivity contribution in [3.63, 3.8) is 0 Å². The predicted molar refractivity (Wildman–Crippen MR) is 116 cm³/mol. The molecule has 148 valence electrons. The summed E-state index contributed by atoms with van der Waals surface area (Å²) in [6, 6.07) is 11.3. The molecule has 5 heteroatoms. The first kappa shape index (κ1) is 20.3. The summed E-state index contributed by atoms with van der Waals surface area (Å²) in [6.45, 7) is 0.657. The van der Waals surface area contributed by atoms with Crippen LogP contribution in [-0.4, -0.2) is 18.4 Å². The number of hydrogen-bond acceptors (Lipinski definition) is 3. The normalized spacial score (nSPS) is 13.6. The van der Waals surface area contributed by atoms with Crippen LogP contribution in [0.2, 0.25) is 0 Å². The largest absolute Gasteiger partial charge is 0.352 e. The minimum absolute atomic E-state index is 0.0154. The number of benzene rings is 1. The van der Waals surface area contributed by atoms with E-state index in [1.807, 2.05) is 12.1 Å². The zero-order valence-corrected chi connectivity index (χ0v) is 17.0. The van der Waals surface area contributed by atoms with Crippen LogP contribution in [-0.2, 0) is 11.2 Å². The zero-order valence-electron chi connectivity index (χ0n) is 16.2. The van der Waals surface area contributed by atoms with Crippen LogP contribution in [0.3, 0.4) is 0 Å². The molecular formula is C23H28N2O2S. The Balaban J connectivity index is 1.42. The Morgan fingerprint density at radius 2 is 2.00 bits per heavy atom. The second-order valence-electron chi connectivity index (χ2n) is 7.18. The number of carbonyl (C=O) groups excluding carboxylic acids is 2. The maximum absolute atomic E-state index is 12.4. The number of aryl methyl sites for hydroxylation is 1. The highest BCUT2D eigenvalue weighted by atomic mass is 32.1. The van der Waals surface area contributed by atoms with Gasteiger partial charge in [-0.3, -0.25) is 9.59 Å². The van der Waals surface area contributed by atoms with Crippen LogP contribution >= 0.6 is 11.3 Å². The molecule has 0 atom stereocenters. The van der Waals surface area contributed by atoms with E-state index in [-0.39, 0.29) is 11.8 Å². The van der Waals surface area contributed by atoms with Crippen LogP contribution in [0.25, 0.3) is 0 Å². The predicted octanol–water partition coefficient (Wildman–Crippen LogP) is 5.33. The van der Waals surface area contributed by atoms with Gasteiger partial charge in [0.25, 0.3) is 5.91 Å². The van der Waals surface area contributed by atoms with Gasteiger partial charge in [-0.1, -0.05) is 23.8 Å². The number of rotatable bonds is 9. The van der Waals surface area contributed by atoms with Crippen molar-refractivity contribution < 1.29 is 9.59 Å². The van der Waals surface area contributed by atoms with Crippen molar-refractivity contribution in [1.29, 1.82) is 0 Å². The number of anilines is 1. The van der Waals surface area contributed by atoms with Gasteiger partial charge in [-0.05, 0) is 74.6 Å². The van der Waals surface area contributed by atoms with E-state index in [0.717, 1.165) is 25.7 Å². The van der Waals surface area contributed by atoms with Crippen molar-refractivity contribution >= 4 is 28.8 Å². The topological polar surface area (TPSA) is 58.2 Å². The molecule has 1 heterocycles. The molecule has 2 aromatic rings. The van der Waals surface area contributed by atoms with Gasteiger partial charge in [0, 0.05) is 29.1 Å². The van der Waals surface area contributed by atoms with Gasteiger partial charge in [0.05, 0.1) is 0 Å². The summed E-state index contributed by atoms with van der Waals surface area (Å²) in [5, 5.41) is 7.94. The summed E-state index contributed by atoms with van der Waals surface area (Å²) in [6.07, 6.45) is 10.3. The van der Waals surface area contributed by atoms with Crippen LogP contribution in [0.1, 0.15) is 60.2 Å². The van der Waals surface area contributed by atoms with Crippen molar-refractivity contribution in [2.45, 2.75) is 51.4 Å². The van der Waals surface area contributed by atoms with Gasteiger partial charge in [-0.15, -0.1) is 11.3 Å². The molecule has 2 N–H and O–H groups in total. The average Bonchev–Trinajstić information content (AvgIpc) is 3.22. The Bertz CT molecular complexity index is 812. The highest BCUT2D eigenvalue weighted by molar-refractivity contribution is 7.09. The van der Waals surface area contributed by atoms with E-state index in [1.165, 1.54) is 29.7 Å². The van der Waals surface area contributed by atoms with Crippen molar-refractivity contribution in [2.75, 3.05) is 11.9 Å². The average molecular weight is 397 g/mol. The molecule has 0 unspecified atom stereocenters. The quantitative estimate of drug-likeness (QED) is 0.563. The molecule has 28 heavy (non-hydrogen) atoms. The molecule has 0 bridgehead atoms. The van der Waals surface area contributed by atoms with Gasteiger partial charge in [-0.25, -0.2) is 0 Å². The van der Waals surface area contributed by atoms with Crippen LogP contribution in [0.4, 0.5) is 5.69 Å². The summed E-state index contributed by atoms with van der Waals surface area (Å²) in [5.74, 6) is -0.108. The number of thiophene rings is 1. The molecule has 4 nitrogen and oxygen atoms in total. The summed E-state index contributed by atoms with van der Waals surface area (Å²) in [7, 11) is 0. The number of hydrogen-bond donors (Lipinski definition) is 2. The Morgan fingerprint density at radius 3 is 2.79 bits per heavy atom. The van der Waals surface area contributed by atoms with E-state index in [1.54, 1.807) is 29.5 Å². The molecule has 0 radical (unpaired) electrons. The second-order valence-corrected chi connectivity index (χ2v) is 8.21. The molecule has 1 aliphatic carbocycles. The molecule has 1 aliphatic rings. The fourth-order valence-corrected chi connectivity index (χ4v) is 4.16. The maximum Gasteiger partial charge on any atom is 0.251 e. The molecule has 0 aliphatic heterocycles. The molecule has 2 amide bonds. The first-order valence-electron chi connectivity index (χ1n) is 10.1. The Kier molecular flexibility index (Phi) is 7.85. The van der Waals surface area contributed by atoms with Crippen molar-refractivity contribution in [3.8, 4) is 0 Å². The molecule has 0 spiro atoms. The van der Waals surface area contributed by atoms with Gasteiger partial charge in [0.1, 0.15) is 0 Å². The summed E-state index contributed by atoms with van der Waals surface area (Å²) < 4.78 is 0. The monoisotopic (exact) mass is 396 g/mol. The molecule has 0 saturated heterocycles. The van der Waals surface area contributed by atoms with Crippen LogP contribution < -0.4 is 10.6 Å². The molecule has 0 saturated carbocycles. The molecule has 3 rings (SSSR count). The third-order valence-corrected chi connectivity index (χ3v) is 5.87. The van der Waals surface area contributed by atoms with Gasteiger partial charge in [-0.2, -0.15) is 0 Å². The zero-order chi connectivity index (χ0) is 19.6. The Morgan fingerprint density at radius 1 is 1.07 bits per heavy atom. The van der Waals surface area contributed by atoms with Crippen molar-refractivity contribution in [3.05, 3.63) is 63.9 Å². The van der Waals surface area contributed by atoms with E-state index in [4.69, 9.17) is 0 Å². The van der Waals surface area contributed by atoms with Crippen molar-refractivity contribution in [2.24, 2.45) is 0 Å². The number of nitrogens with one attached hydrogen (secondary N) is 2. The first-order valence-corrected chi connectivity index (χ1v) is 11.0. The summed E-state index contributed by atoms with van der Waals surface area (Å²) >= 11 is 1.72.